The fraction of sp³-hybridized carbons (Fsp3) is 0.222. The van der Waals surface area contributed by atoms with Crippen molar-refractivity contribution < 1.29 is 4.48 Å². The van der Waals surface area contributed by atoms with Gasteiger partial charge in [0.15, 0.2) is 0 Å². The lowest BCUT2D eigenvalue weighted by Gasteiger charge is -2.28. The minimum absolute atomic E-state index is 0.966. The van der Waals surface area contributed by atoms with E-state index in [0.717, 1.165) is 17.6 Å². The number of rotatable bonds is 5. The lowest BCUT2D eigenvalue weighted by atomic mass is 10.2. The Labute approximate surface area is 116 Å². The Morgan fingerprint density at radius 3 is 2.05 bits per heavy atom. The third-order valence-corrected chi connectivity index (χ3v) is 3.16. The maximum Gasteiger partial charge on any atom is 0.104 e. The van der Waals surface area contributed by atoms with E-state index < -0.39 is 0 Å². The number of hydrogen-bond donors (Lipinski definition) is 0. The third kappa shape index (κ3) is 4.72. The second kappa shape index (κ2) is 6.35. The molecule has 2 aromatic rings. The Hall–Kier alpha value is -1.86. The zero-order chi connectivity index (χ0) is 13.6. The molecule has 0 radical (unpaired) electrons. The molecular formula is C18H22N+. The van der Waals surface area contributed by atoms with Crippen molar-refractivity contribution in [3.63, 3.8) is 0 Å². The molecule has 0 unspecified atom stereocenters. The van der Waals surface area contributed by atoms with Crippen LogP contribution in [0.15, 0.2) is 66.7 Å². The molecule has 0 fully saturated rings. The predicted molar refractivity (Wildman–Crippen MR) is 82.6 cm³/mol. The van der Waals surface area contributed by atoms with Crippen LogP contribution >= 0.6 is 0 Å². The van der Waals surface area contributed by atoms with Gasteiger partial charge in [0.2, 0.25) is 0 Å². The number of hydrogen-bond acceptors (Lipinski definition) is 0. The molecule has 0 aliphatic rings. The van der Waals surface area contributed by atoms with Crippen molar-refractivity contribution in [2.75, 3.05) is 20.6 Å². The van der Waals surface area contributed by atoms with Gasteiger partial charge in [-0.3, -0.25) is 0 Å². The Morgan fingerprint density at radius 1 is 0.842 bits per heavy atom. The third-order valence-electron chi connectivity index (χ3n) is 3.16. The molecule has 0 spiro atoms. The summed E-state index contributed by atoms with van der Waals surface area (Å²) >= 11 is 0. The van der Waals surface area contributed by atoms with Gasteiger partial charge in [-0.15, -0.1) is 0 Å². The smallest absolute Gasteiger partial charge is 0.104 e. The molecule has 0 aromatic heterocycles. The quantitative estimate of drug-likeness (QED) is 0.706. The van der Waals surface area contributed by atoms with Crippen LogP contribution in [0.3, 0.4) is 0 Å². The molecule has 2 aromatic carbocycles. The molecule has 98 valence electrons. The van der Waals surface area contributed by atoms with Crippen molar-refractivity contribution in [2.24, 2.45) is 0 Å². The van der Waals surface area contributed by atoms with Crippen molar-refractivity contribution in [3.05, 3.63) is 77.9 Å². The molecule has 0 aliphatic heterocycles. The largest absolute Gasteiger partial charge is 0.321 e. The highest BCUT2D eigenvalue weighted by atomic mass is 15.3. The van der Waals surface area contributed by atoms with E-state index in [-0.39, 0.29) is 0 Å². The van der Waals surface area contributed by atoms with Gasteiger partial charge >= 0.3 is 0 Å². The lowest BCUT2D eigenvalue weighted by molar-refractivity contribution is -0.897. The summed E-state index contributed by atoms with van der Waals surface area (Å²) in [7, 11) is 4.53. The fourth-order valence-corrected chi connectivity index (χ4v) is 2.18. The Morgan fingerprint density at radius 2 is 1.42 bits per heavy atom. The number of benzene rings is 2. The molecule has 1 heteroatoms. The van der Waals surface area contributed by atoms with Crippen LogP contribution in [0.5, 0.6) is 0 Å². The fourth-order valence-electron chi connectivity index (χ4n) is 2.18. The van der Waals surface area contributed by atoms with E-state index in [0.29, 0.717) is 0 Å². The van der Waals surface area contributed by atoms with Crippen LogP contribution in [-0.4, -0.2) is 25.1 Å². The molecule has 0 bridgehead atoms. The first-order valence-electron chi connectivity index (χ1n) is 6.73. The first-order chi connectivity index (χ1) is 9.16. The summed E-state index contributed by atoms with van der Waals surface area (Å²) < 4.78 is 0.966. The highest BCUT2D eigenvalue weighted by molar-refractivity contribution is 5.48. The zero-order valence-corrected chi connectivity index (χ0v) is 11.8. The van der Waals surface area contributed by atoms with Crippen LogP contribution in [0.4, 0.5) is 0 Å². The highest BCUT2D eigenvalue weighted by Gasteiger charge is 2.13. The van der Waals surface area contributed by atoms with Crippen LogP contribution in [0.25, 0.3) is 6.08 Å². The summed E-state index contributed by atoms with van der Waals surface area (Å²) in [6, 6.07) is 21.1. The van der Waals surface area contributed by atoms with Crippen molar-refractivity contribution in [2.45, 2.75) is 6.54 Å². The standard InChI is InChI=1S/C18H22N/c1-19(2,16-18-12-7-4-8-13-18)15-9-14-17-10-5-3-6-11-17/h3-14H,15-16H2,1-2H3/q+1/b14-9-. The second-order valence-electron chi connectivity index (χ2n) is 5.58. The zero-order valence-electron chi connectivity index (χ0n) is 11.8. The Bertz CT molecular complexity index is 512. The van der Waals surface area contributed by atoms with Crippen molar-refractivity contribution in [3.8, 4) is 0 Å². The van der Waals surface area contributed by atoms with Crippen LogP contribution in [0.2, 0.25) is 0 Å². The Kier molecular flexibility index (Phi) is 4.53. The molecular weight excluding hydrogens is 230 g/mol. The average molecular weight is 252 g/mol. The maximum atomic E-state index is 2.27. The van der Waals surface area contributed by atoms with Crippen LogP contribution in [0, 0.1) is 0 Å². The first kappa shape index (κ1) is 13.6. The number of likely N-dealkylation sites (N-methyl/N-ethyl adjacent to an activating group) is 1. The topological polar surface area (TPSA) is 0 Å². The van der Waals surface area contributed by atoms with Gasteiger partial charge in [0.1, 0.15) is 6.54 Å². The van der Waals surface area contributed by atoms with E-state index in [1.54, 1.807) is 0 Å². The minimum atomic E-state index is 0.966. The van der Waals surface area contributed by atoms with Crippen molar-refractivity contribution in [1.29, 1.82) is 0 Å². The van der Waals surface area contributed by atoms with Gasteiger partial charge < -0.3 is 4.48 Å². The number of nitrogens with zero attached hydrogens (tertiary/aromatic N) is 1. The summed E-state index contributed by atoms with van der Waals surface area (Å²) in [6.45, 7) is 2.09. The molecule has 0 atom stereocenters. The van der Waals surface area contributed by atoms with E-state index in [9.17, 15) is 0 Å². The van der Waals surface area contributed by atoms with Gasteiger partial charge in [-0.05, 0) is 11.6 Å². The molecule has 0 heterocycles. The van der Waals surface area contributed by atoms with Gasteiger partial charge in [0, 0.05) is 5.56 Å². The molecule has 0 saturated carbocycles. The van der Waals surface area contributed by atoms with Gasteiger partial charge in [-0.2, -0.15) is 0 Å². The summed E-state index contributed by atoms with van der Waals surface area (Å²) in [6.07, 6.45) is 4.46. The summed E-state index contributed by atoms with van der Waals surface area (Å²) in [4.78, 5) is 0. The molecule has 1 nitrogen and oxygen atoms in total. The van der Waals surface area contributed by atoms with Crippen LogP contribution < -0.4 is 0 Å². The first-order valence-corrected chi connectivity index (χ1v) is 6.73. The summed E-state index contributed by atoms with van der Waals surface area (Å²) in [5.74, 6) is 0. The van der Waals surface area contributed by atoms with E-state index in [4.69, 9.17) is 0 Å². The molecule has 0 N–H and O–H groups in total. The van der Waals surface area contributed by atoms with E-state index >= 15 is 0 Å². The molecule has 0 saturated heterocycles. The van der Waals surface area contributed by atoms with Crippen LogP contribution in [0.1, 0.15) is 11.1 Å². The second-order valence-corrected chi connectivity index (χ2v) is 5.58. The summed E-state index contributed by atoms with van der Waals surface area (Å²) in [5, 5.41) is 0. The molecule has 2 rings (SSSR count). The average Bonchev–Trinajstić information content (AvgIpc) is 2.40. The number of quaternary nitrogens is 1. The van der Waals surface area contributed by atoms with Gasteiger partial charge in [0.05, 0.1) is 20.6 Å². The highest BCUT2D eigenvalue weighted by Crippen LogP contribution is 2.10. The van der Waals surface area contributed by atoms with Crippen LogP contribution in [-0.2, 0) is 6.54 Å². The molecule has 0 amide bonds. The van der Waals surface area contributed by atoms with Gasteiger partial charge in [-0.25, -0.2) is 0 Å². The lowest BCUT2D eigenvalue weighted by Crippen LogP contribution is -2.38. The van der Waals surface area contributed by atoms with E-state index in [2.05, 4.69) is 80.8 Å². The monoisotopic (exact) mass is 252 g/mol. The van der Waals surface area contributed by atoms with E-state index in [1.165, 1.54) is 11.1 Å². The van der Waals surface area contributed by atoms with Gasteiger partial charge in [-0.1, -0.05) is 66.7 Å². The van der Waals surface area contributed by atoms with Gasteiger partial charge in [0.25, 0.3) is 0 Å². The summed E-state index contributed by atoms with van der Waals surface area (Å²) in [5.41, 5.74) is 2.66. The normalized spacial score (nSPS) is 11.9. The predicted octanol–water partition coefficient (Wildman–Crippen LogP) is 3.98. The minimum Gasteiger partial charge on any atom is -0.321 e. The molecule has 0 aliphatic carbocycles. The van der Waals surface area contributed by atoms with Crippen molar-refractivity contribution >= 4 is 6.08 Å². The maximum absolute atomic E-state index is 2.27. The van der Waals surface area contributed by atoms with Crippen molar-refractivity contribution in [1.82, 2.24) is 0 Å². The van der Waals surface area contributed by atoms with E-state index in [1.807, 2.05) is 6.07 Å². The SMILES string of the molecule is C[N+](C)(C/C=C\c1ccccc1)Cc1ccccc1. The Balaban J connectivity index is 1.92. The molecule has 19 heavy (non-hydrogen) atoms.